The number of piperidine rings is 1. The second-order valence-electron chi connectivity index (χ2n) is 4.81. The fraction of sp³-hybridized carbons (Fsp3) is 0.571. The Hall–Kier alpha value is -1.22. The molecule has 1 aliphatic rings. The normalized spacial score (nSPS) is 20.4. The zero-order valence-electron chi connectivity index (χ0n) is 10.6. The highest BCUT2D eigenvalue weighted by Crippen LogP contribution is 2.32. The van der Waals surface area contributed by atoms with E-state index in [1.807, 2.05) is 0 Å². The van der Waals surface area contributed by atoms with Crippen molar-refractivity contribution in [3.63, 3.8) is 0 Å². The summed E-state index contributed by atoms with van der Waals surface area (Å²) < 4.78 is 5.44. The molecular weight excluding hydrogens is 214 g/mol. The summed E-state index contributed by atoms with van der Waals surface area (Å²) in [7, 11) is 1.71. The Bertz CT molecular complexity index is 378. The standard InChI is InChI=1S/C14H21NO2/c1-11-5-6-13(14(8-11)17-2)15-7-3-4-12(9-15)10-16/h5-6,8,12,16H,3-4,7,9-10H2,1-2H3. The van der Waals surface area contributed by atoms with E-state index in [2.05, 4.69) is 30.0 Å². The lowest BCUT2D eigenvalue weighted by Crippen LogP contribution is -2.36. The van der Waals surface area contributed by atoms with E-state index in [0.717, 1.165) is 37.4 Å². The van der Waals surface area contributed by atoms with Gasteiger partial charge in [-0.3, -0.25) is 0 Å². The summed E-state index contributed by atoms with van der Waals surface area (Å²) in [6, 6.07) is 6.30. The molecule has 17 heavy (non-hydrogen) atoms. The van der Waals surface area contributed by atoms with Crippen LogP contribution in [-0.4, -0.2) is 31.9 Å². The van der Waals surface area contributed by atoms with Crippen LogP contribution in [-0.2, 0) is 0 Å². The first-order valence-electron chi connectivity index (χ1n) is 6.25. The molecular formula is C14H21NO2. The number of anilines is 1. The van der Waals surface area contributed by atoms with Crippen LogP contribution in [0.2, 0.25) is 0 Å². The number of aryl methyl sites for hydroxylation is 1. The molecule has 1 aliphatic heterocycles. The molecule has 0 radical (unpaired) electrons. The van der Waals surface area contributed by atoms with Crippen molar-refractivity contribution in [3.8, 4) is 5.75 Å². The number of nitrogens with zero attached hydrogens (tertiary/aromatic N) is 1. The van der Waals surface area contributed by atoms with E-state index in [-0.39, 0.29) is 6.61 Å². The Morgan fingerprint density at radius 1 is 1.47 bits per heavy atom. The molecule has 3 nitrogen and oxygen atoms in total. The highest BCUT2D eigenvalue weighted by molar-refractivity contribution is 5.60. The maximum Gasteiger partial charge on any atom is 0.142 e. The molecule has 0 spiro atoms. The van der Waals surface area contributed by atoms with E-state index in [1.165, 1.54) is 5.56 Å². The van der Waals surface area contributed by atoms with E-state index in [0.29, 0.717) is 5.92 Å². The Morgan fingerprint density at radius 3 is 3.00 bits per heavy atom. The van der Waals surface area contributed by atoms with E-state index in [1.54, 1.807) is 7.11 Å². The van der Waals surface area contributed by atoms with Crippen molar-refractivity contribution >= 4 is 5.69 Å². The average molecular weight is 235 g/mol. The molecule has 0 aromatic heterocycles. The SMILES string of the molecule is COc1cc(C)ccc1N1CCCC(CO)C1. The Balaban J connectivity index is 2.20. The molecule has 2 rings (SSSR count). The smallest absolute Gasteiger partial charge is 0.142 e. The summed E-state index contributed by atoms with van der Waals surface area (Å²) in [6.07, 6.45) is 2.27. The first-order valence-corrected chi connectivity index (χ1v) is 6.25. The summed E-state index contributed by atoms with van der Waals surface area (Å²) >= 11 is 0. The van der Waals surface area contributed by atoms with Gasteiger partial charge in [-0.25, -0.2) is 0 Å². The third-order valence-electron chi connectivity index (χ3n) is 3.45. The van der Waals surface area contributed by atoms with Crippen molar-refractivity contribution in [1.82, 2.24) is 0 Å². The van der Waals surface area contributed by atoms with Crippen LogP contribution in [0.25, 0.3) is 0 Å². The number of hydrogen-bond acceptors (Lipinski definition) is 3. The van der Waals surface area contributed by atoms with Gasteiger partial charge in [-0.2, -0.15) is 0 Å². The van der Waals surface area contributed by atoms with Gasteiger partial charge in [0.15, 0.2) is 0 Å². The highest BCUT2D eigenvalue weighted by atomic mass is 16.5. The zero-order chi connectivity index (χ0) is 12.3. The molecule has 1 N–H and O–H groups in total. The second-order valence-corrected chi connectivity index (χ2v) is 4.81. The largest absolute Gasteiger partial charge is 0.495 e. The molecule has 0 saturated carbocycles. The minimum Gasteiger partial charge on any atom is -0.495 e. The minimum atomic E-state index is 0.282. The first kappa shape index (κ1) is 12.2. The Kier molecular flexibility index (Phi) is 3.89. The molecule has 1 saturated heterocycles. The van der Waals surface area contributed by atoms with Crippen molar-refractivity contribution < 1.29 is 9.84 Å². The average Bonchev–Trinajstić information content (AvgIpc) is 2.38. The molecule has 0 amide bonds. The molecule has 94 valence electrons. The monoisotopic (exact) mass is 235 g/mol. The second kappa shape index (κ2) is 5.41. The molecule has 1 fully saturated rings. The quantitative estimate of drug-likeness (QED) is 0.872. The third-order valence-corrected chi connectivity index (χ3v) is 3.45. The number of aliphatic hydroxyl groups is 1. The van der Waals surface area contributed by atoms with Crippen LogP contribution in [0.3, 0.4) is 0 Å². The fourth-order valence-electron chi connectivity index (χ4n) is 2.48. The minimum absolute atomic E-state index is 0.282. The van der Waals surface area contributed by atoms with Gasteiger partial charge in [0.25, 0.3) is 0 Å². The molecule has 1 aromatic carbocycles. The van der Waals surface area contributed by atoms with Crippen LogP contribution in [0.4, 0.5) is 5.69 Å². The van der Waals surface area contributed by atoms with Gasteiger partial charge in [0.05, 0.1) is 12.8 Å². The van der Waals surface area contributed by atoms with Crippen LogP contribution in [0, 0.1) is 12.8 Å². The summed E-state index contributed by atoms with van der Waals surface area (Å²) in [5.41, 5.74) is 2.36. The summed E-state index contributed by atoms with van der Waals surface area (Å²) in [4.78, 5) is 2.32. The van der Waals surface area contributed by atoms with Gasteiger partial charge in [0, 0.05) is 19.7 Å². The van der Waals surface area contributed by atoms with Crippen molar-refractivity contribution in [2.45, 2.75) is 19.8 Å². The zero-order valence-corrected chi connectivity index (χ0v) is 10.6. The fourth-order valence-corrected chi connectivity index (χ4v) is 2.48. The van der Waals surface area contributed by atoms with Gasteiger partial charge < -0.3 is 14.7 Å². The lowest BCUT2D eigenvalue weighted by Gasteiger charge is -2.34. The van der Waals surface area contributed by atoms with Gasteiger partial charge in [0.2, 0.25) is 0 Å². The number of methoxy groups -OCH3 is 1. The van der Waals surface area contributed by atoms with Crippen LogP contribution in [0.1, 0.15) is 18.4 Å². The van der Waals surface area contributed by atoms with Gasteiger partial charge in [-0.05, 0) is 43.4 Å². The molecule has 1 unspecified atom stereocenters. The van der Waals surface area contributed by atoms with Crippen LogP contribution >= 0.6 is 0 Å². The van der Waals surface area contributed by atoms with Crippen molar-refractivity contribution in [2.75, 3.05) is 31.7 Å². The van der Waals surface area contributed by atoms with E-state index < -0.39 is 0 Å². The summed E-state index contributed by atoms with van der Waals surface area (Å²) in [5, 5.41) is 9.27. The number of benzene rings is 1. The lowest BCUT2D eigenvalue weighted by atomic mass is 9.98. The van der Waals surface area contributed by atoms with Crippen LogP contribution < -0.4 is 9.64 Å². The molecule has 1 aromatic rings. The first-order chi connectivity index (χ1) is 8.24. The van der Waals surface area contributed by atoms with Crippen molar-refractivity contribution in [3.05, 3.63) is 23.8 Å². The summed E-state index contributed by atoms with van der Waals surface area (Å²) in [5.74, 6) is 1.33. The van der Waals surface area contributed by atoms with Gasteiger partial charge in [-0.1, -0.05) is 6.07 Å². The number of aliphatic hydroxyl groups excluding tert-OH is 1. The molecule has 3 heteroatoms. The molecule has 1 heterocycles. The van der Waals surface area contributed by atoms with Gasteiger partial charge in [-0.15, -0.1) is 0 Å². The van der Waals surface area contributed by atoms with E-state index in [9.17, 15) is 5.11 Å². The molecule has 0 aliphatic carbocycles. The Labute approximate surface area is 103 Å². The topological polar surface area (TPSA) is 32.7 Å². The lowest BCUT2D eigenvalue weighted by molar-refractivity contribution is 0.208. The number of hydrogen-bond donors (Lipinski definition) is 1. The maximum atomic E-state index is 9.27. The Morgan fingerprint density at radius 2 is 2.29 bits per heavy atom. The predicted octanol–water partition coefficient (Wildman–Crippen LogP) is 2.21. The van der Waals surface area contributed by atoms with Crippen molar-refractivity contribution in [1.29, 1.82) is 0 Å². The van der Waals surface area contributed by atoms with Crippen molar-refractivity contribution in [2.24, 2.45) is 5.92 Å². The maximum absolute atomic E-state index is 9.27. The molecule has 0 bridgehead atoms. The summed E-state index contributed by atoms with van der Waals surface area (Å²) in [6.45, 7) is 4.33. The van der Waals surface area contributed by atoms with Crippen LogP contribution in [0.15, 0.2) is 18.2 Å². The van der Waals surface area contributed by atoms with E-state index in [4.69, 9.17) is 4.74 Å². The van der Waals surface area contributed by atoms with Gasteiger partial charge in [0.1, 0.15) is 5.75 Å². The predicted molar refractivity (Wildman–Crippen MR) is 69.8 cm³/mol. The molecule has 1 atom stereocenters. The van der Waals surface area contributed by atoms with Crippen LogP contribution in [0.5, 0.6) is 5.75 Å². The number of ether oxygens (including phenoxy) is 1. The third kappa shape index (κ3) is 2.72. The van der Waals surface area contributed by atoms with E-state index >= 15 is 0 Å². The number of rotatable bonds is 3. The van der Waals surface area contributed by atoms with Gasteiger partial charge >= 0.3 is 0 Å². The highest BCUT2D eigenvalue weighted by Gasteiger charge is 2.21.